The van der Waals surface area contributed by atoms with Gasteiger partial charge in [-0.05, 0) is 60.0 Å². The normalized spacial score (nSPS) is 12.3. The van der Waals surface area contributed by atoms with Crippen LogP contribution in [0.3, 0.4) is 0 Å². The molecule has 2 aromatic carbocycles. The summed E-state index contributed by atoms with van der Waals surface area (Å²) in [6, 6.07) is 10.4. The average molecular weight is 373 g/mol. The lowest BCUT2D eigenvalue weighted by Crippen LogP contribution is -2.08. The predicted octanol–water partition coefficient (Wildman–Crippen LogP) is 6.55. The van der Waals surface area contributed by atoms with Gasteiger partial charge >= 0.3 is 0 Å². The van der Waals surface area contributed by atoms with Crippen molar-refractivity contribution < 1.29 is 0 Å². The van der Waals surface area contributed by atoms with Crippen LogP contribution in [0.1, 0.15) is 29.7 Å². The van der Waals surface area contributed by atoms with Crippen molar-refractivity contribution in [2.45, 2.75) is 26.8 Å². The second-order valence-electron chi connectivity index (χ2n) is 4.95. The zero-order valence-electron chi connectivity index (χ0n) is 11.6. The summed E-state index contributed by atoms with van der Waals surface area (Å²) in [5.41, 5.74) is 4.63. The third-order valence-corrected chi connectivity index (χ3v) is 5.07. The SMILES string of the molecule is Cc1ccc(C(C)Nc2ccc(Br)c(Cl)c2Cl)c(C)c1. The van der Waals surface area contributed by atoms with Crippen LogP contribution in [-0.2, 0) is 0 Å². The molecule has 0 aliphatic carbocycles. The highest BCUT2D eigenvalue weighted by Crippen LogP contribution is 2.37. The molecule has 0 spiro atoms. The molecule has 0 radical (unpaired) electrons. The first-order valence-corrected chi connectivity index (χ1v) is 7.92. The van der Waals surface area contributed by atoms with Crippen molar-refractivity contribution in [3.05, 3.63) is 61.5 Å². The molecule has 0 aromatic heterocycles. The molecule has 0 aliphatic heterocycles. The van der Waals surface area contributed by atoms with E-state index < -0.39 is 0 Å². The van der Waals surface area contributed by atoms with Crippen molar-refractivity contribution in [1.82, 2.24) is 0 Å². The number of benzene rings is 2. The Labute approximate surface area is 138 Å². The minimum atomic E-state index is 0.158. The smallest absolute Gasteiger partial charge is 0.0835 e. The molecule has 1 atom stereocenters. The number of hydrogen-bond acceptors (Lipinski definition) is 1. The molecule has 0 heterocycles. The van der Waals surface area contributed by atoms with Crippen LogP contribution in [0.4, 0.5) is 5.69 Å². The van der Waals surface area contributed by atoms with Crippen LogP contribution in [0.5, 0.6) is 0 Å². The quantitative estimate of drug-likeness (QED) is 0.602. The van der Waals surface area contributed by atoms with Gasteiger partial charge in [0.15, 0.2) is 0 Å². The molecule has 2 rings (SSSR count). The highest BCUT2D eigenvalue weighted by atomic mass is 79.9. The van der Waals surface area contributed by atoms with Gasteiger partial charge in [0.25, 0.3) is 0 Å². The molecule has 0 fully saturated rings. The van der Waals surface area contributed by atoms with E-state index >= 15 is 0 Å². The molecule has 0 aliphatic rings. The predicted molar refractivity (Wildman–Crippen MR) is 92.1 cm³/mol. The van der Waals surface area contributed by atoms with Gasteiger partial charge in [-0.2, -0.15) is 0 Å². The second kappa shape index (κ2) is 6.38. The number of rotatable bonds is 3. The molecule has 0 bridgehead atoms. The summed E-state index contributed by atoms with van der Waals surface area (Å²) < 4.78 is 0.800. The maximum Gasteiger partial charge on any atom is 0.0835 e. The number of halogens is 3. The molecule has 106 valence electrons. The maximum atomic E-state index is 6.27. The zero-order valence-corrected chi connectivity index (χ0v) is 14.7. The Kier molecular flexibility index (Phi) is 5.00. The fraction of sp³-hybridized carbons (Fsp3) is 0.250. The van der Waals surface area contributed by atoms with Crippen molar-refractivity contribution in [1.29, 1.82) is 0 Å². The van der Waals surface area contributed by atoms with E-state index in [0.717, 1.165) is 10.2 Å². The molecular formula is C16H16BrCl2N. The lowest BCUT2D eigenvalue weighted by atomic mass is 10.00. The van der Waals surface area contributed by atoms with Crippen LogP contribution < -0.4 is 5.32 Å². The first-order valence-electron chi connectivity index (χ1n) is 6.37. The molecule has 1 unspecified atom stereocenters. The number of nitrogens with one attached hydrogen (secondary N) is 1. The first kappa shape index (κ1) is 15.7. The van der Waals surface area contributed by atoms with Crippen molar-refractivity contribution in [3.63, 3.8) is 0 Å². The van der Waals surface area contributed by atoms with Gasteiger partial charge in [0.2, 0.25) is 0 Å². The Balaban J connectivity index is 2.28. The fourth-order valence-electron chi connectivity index (χ4n) is 2.26. The molecule has 4 heteroatoms. The van der Waals surface area contributed by atoms with E-state index in [-0.39, 0.29) is 6.04 Å². The van der Waals surface area contributed by atoms with Crippen LogP contribution in [0, 0.1) is 13.8 Å². The van der Waals surface area contributed by atoms with E-state index in [2.05, 4.69) is 60.2 Å². The van der Waals surface area contributed by atoms with E-state index in [4.69, 9.17) is 23.2 Å². The van der Waals surface area contributed by atoms with Gasteiger partial charge in [-0.25, -0.2) is 0 Å². The van der Waals surface area contributed by atoms with Crippen LogP contribution >= 0.6 is 39.1 Å². The third-order valence-electron chi connectivity index (χ3n) is 3.30. The zero-order chi connectivity index (χ0) is 14.9. The summed E-state index contributed by atoms with van der Waals surface area (Å²) in [6.45, 7) is 6.33. The van der Waals surface area contributed by atoms with Gasteiger partial charge in [-0.15, -0.1) is 0 Å². The molecule has 20 heavy (non-hydrogen) atoms. The second-order valence-corrected chi connectivity index (χ2v) is 6.56. The van der Waals surface area contributed by atoms with Crippen molar-refractivity contribution in [2.75, 3.05) is 5.32 Å². The number of hydrogen-bond donors (Lipinski definition) is 1. The lowest BCUT2D eigenvalue weighted by Gasteiger charge is -2.19. The van der Waals surface area contributed by atoms with Crippen molar-refractivity contribution in [3.8, 4) is 0 Å². The molecule has 1 nitrogen and oxygen atoms in total. The Bertz CT molecular complexity index is 641. The van der Waals surface area contributed by atoms with E-state index in [0.29, 0.717) is 10.0 Å². The highest BCUT2D eigenvalue weighted by molar-refractivity contribution is 9.10. The van der Waals surface area contributed by atoms with Crippen molar-refractivity contribution in [2.24, 2.45) is 0 Å². The summed E-state index contributed by atoms with van der Waals surface area (Å²) in [4.78, 5) is 0. The summed E-state index contributed by atoms with van der Waals surface area (Å²) in [5.74, 6) is 0. The van der Waals surface area contributed by atoms with Crippen LogP contribution in [0.15, 0.2) is 34.8 Å². The summed E-state index contributed by atoms with van der Waals surface area (Å²) in [6.07, 6.45) is 0. The van der Waals surface area contributed by atoms with Gasteiger partial charge in [0, 0.05) is 10.5 Å². The number of anilines is 1. The van der Waals surface area contributed by atoms with Gasteiger partial charge in [-0.3, -0.25) is 0 Å². The average Bonchev–Trinajstić information content (AvgIpc) is 2.39. The Morgan fingerprint density at radius 3 is 2.40 bits per heavy atom. The van der Waals surface area contributed by atoms with Crippen LogP contribution in [0.2, 0.25) is 10.0 Å². The molecular weight excluding hydrogens is 357 g/mol. The van der Waals surface area contributed by atoms with E-state index in [1.807, 2.05) is 12.1 Å². The molecule has 0 saturated heterocycles. The fourth-order valence-corrected chi connectivity index (χ4v) is 3.09. The van der Waals surface area contributed by atoms with Gasteiger partial charge in [0.05, 0.1) is 15.7 Å². The number of aryl methyl sites for hydroxylation is 2. The Hall–Kier alpha value is -0.700. The van der Waals surface area contributed by atoms with E-state index in [9.17, 15) is 0 Å². The van der Waals surface area contributed by atoms with E-state index in [1.165, 1.54) is 16.7 Å². The third kappa shape index (κ3) is 3.30. The summed E-state index contributed by atoms with van der Waals surface area (Å²) in [7, 11) is 0. The minimum Gasteiger partial charge on any atom is -0.377 e. The lowest BCUT2D eigenvalue weighted by molar-refractivity contribution is 0.873. The Morgan fingerprint density at radius 2 is 1.75 bits per heavy atom. The van der Waals surface area contributed by atoms with Crippen LogP contribution in [0.25, 0.3) is 0 Å². The summed E-state index contributed by atoms with van der Waals surface area (Å²) in [5, 5.41) is 4.49. The van der Waals surface area contributed by atoms with Gasteiger partial charge in [0.1, 0.15) is 0 Å². The largest absolute Gasteiger partial charge is 0.377 e. The molecule has 0 amide bonds. The molecule has 1 N–H and O–H groups in total. The first-order chi connectivity index (χ1) is 9.40. The molecule has 0 saturated carbocycles. The molecule has 2 aromatic rings. The van der Waals surface area contributed by atoms with Crippen molar-refractivity contribution >= 4 is 44.8 Å². The van der Waals surface area contributed by atoms with Gasteiger partial charge in [-0.1, -0.05) is 47.0 Å². The topological polar surface area (TPSA) is 12.0 Å². The highest BCUT2D eigenvalue weighted by Gasteiger charge is 2.13. The maximum absolute atomic E-state index is 6.27. The Morgan fingerprint density at radius 1 is 1.05 bits per heavy atom. The van der Waals surface area contributed by atoms with Crippen LogP contribution in [-0.4, -0.2) is 0 Å². The van der Waals surface area contributed by atoms with E-state index in [1.54, 1.807) is 0 Å². The monoisotopic (exact) mass is 371 g/mol. The van der Waals surface area contributed by atoms with Gasteiger partial charge < -0.3 is 5.32 Å². The standard InChI is InChI=1S/C16H16BrCl2N/c1-9-4-5-12(10(2)8-9)11(3)20-14-7-6-13(17)15(18)16(14)19/h4-8,11,20H,1-3H3. The summed E-state index contributed by atoms with van der Waals surface area (Å²) >= 11 is 15.8. The minimum absolute atomic E-state index is 0.158.